The van der Waals surface area contributed by atoms with Crippen molar-refractivity contribution in [2.45, 2.75) is 60.0 Å². The van der Waals surface area contributed by atoms with Crippen molar-refractivity contribution in [2.24, 2.45) is 23.7 Å². The van der Waals surface area contributed by atoms with E-state index in [9.17, 15) is 0 Å². The van der Waals surface area contributed by atoms with Crippen LogP contribution in [0.3, 0.4) is 0 Å². The average Bonchev–Trinajstić information content (AvgIpc) is 2.14. The Kier molecular flexibility index (Phi) is 7.04. The van der Waals surface area contributed by atoms with Gasteiger partial charge in [-0.05, 0) is 35.8 Å². The molecule has 0 aliphatic heterocycles. The standard InChI is InChI=1S/C13H29P/c1-7-10(4)8-13(14)12(6)11(5)9(2)3/h9-13H,7-8,14H2,1-6H3. The number of hydrogen-bond acceptors (Lipinski definition) is 0. The third-order valence-electron chi connectivity index (χ3n) is 3.93. The van der Waals surface area contributed by atoms with Crippen LogP contribution in [0.4, 0.5) is 0 Å². The van der Waals surface area contributed by atoms with Crippen LogP contribution in [-0.2, 0) is 0 Å². The largest absolute Gasteiger partial charge is 0.134 e. The van der Waals surface area contributed by atoms with Gasteiger partial charge in [0.05, 0.1) is 0 Å². The molecule has 5 unspecified atom stereocenters. The molecular weight excluding hydrogens is 187 g/mol. The highest BCUT2D eigenvalue weighted by Gasteiger charge is 2.22. The molecule has 14 heavy (non-hydrogen) atoms. The fourth-order valence-electron chi connectivity index (χ4n) is 1.84. The molecule has 0 bridgehead atoms. The summed E-state index contributed by atoms with van der Waals surface area (Å²) < 4.78 is 0. The molecule has 0 aromatic rings. The highest BCUT2D eigenvalue weighted by Crippen LogP contribution is 2.31. The van der Waals surface area contributed by atoms with Crippen LogP contribution < -0.4 is 0 Å². The van der Waals surface area contributed by atoms with Gasteiger partial charge in [-0.2, -0.15) is 0 Å². The molecular formula is C13H29P. The van der Waals surface area contributed by atoms with Crippen molar-refractivity contribution >= 4 is 9.24 Å². The van der Waals surface area contributed by atoms with E-state index in [-0.39, 0.29) is 0 Å². The summed E-state index contributed by atoms with van der Waals surface area (Å²) in [6.45, 7) is 14.1. The number of rotatable bonds is 6. The lowest BCUT2D eigenvalue weighted by atomic mass is 9.81. The third-order valence-corrected chi connectivity index (χ3v) is 4.81. The van der Waals surface area contributed by atoms with Crippen molar-refractivity contribution in [3.05, 3.63) is 0 Å². The second-order valence-electron chi connectivity index (χ2n) is 5.38. The van der Waals surface area contributed by atoms with Crippen molar-refractivity contribution in [3.63, 3.8) is 0 Å². The van der Waals surface area contributed by atoms with Gasteiger partial charge in [0, 0.05) is 0 Å². The fourth-order valence-corrected chi connectivity index (χ4v) is 2.66. The first kappa shape index (κ1) is 14.4. The predicted molar refractivity (Wildman–Crippen MR) is 70.7 cm³/mol. The van der Waals surface area contributed by atoms with Gasteiger partial charge in [0.2, 0.25) is 0 Å². The summed E-state index contributed by atoms with van der Waals surface area (Å²) in [5.41, 5.74) is 0.794. The molecule has 0 N–H and O–H groups in total. The average molecular weight is 216 g/mol. The van der Waals surface area contributed by atoms with E-state index in [1.807, 2.05) is 0 Å². The van der Waals surface area contributed by atoms with Crippen LogP contribution in [0, 0.1) is 23.7 Å². The van der Waals surface area contributed by atoms with E-state index in [1.54, 1.807) is 0 Å². The second-order valence-corrected chi connectivity index (χ2v) is 6.23. The highest BCUT2D eigenvalue weighted by molar-refractivity contribution is 7.17. The van der Waals surface area contributed by atoms with Crippen molar-refractivity contribution in [3.8, 4) is 0 Å². The van der Waals surface area contributed by atoms with Crippen LogP contribution in [0.15, 0.2) is 0 Å². The Morgan fingerprint density at radius 2 is 1.43 bits per heavy atom. The second kappa shape index (κ2) is 6.83. The Labute approximate surface area is 93.4 Å². The van der Waals surface area contributed by atoms with E-state index >= 15 is 0 Å². The van der Waals surface area contributed by atoms with E-state index in [4.69, 9.17) is 0 Å². The van der Waals surface area contributed by atoms with Gasteiger partial charge in [0.25, 0.3) is 0 Å². The normalized spacial score (nSPS) is 20.6. The van der Waals surface area contributed by atoms with Crippen molar-refractivity contribution in [2.75, 3.05) is 0 Å². The zero-order chi connectivity index (χ0) is 11.3. The Morgan fingerprint density at radius 1 is 0.929 bits per heavy atom. The first-order valence-corrected chi connectivity index (χ1v) is 6.82. The molecule has 0 amide bonds. The molecule has 0 aliphatic rings. The van der Waals surface area contributed by atoms with Crippen LogP contribution in [-0.4, -0.2) is 5.66 Å². The maximum Gasteiger partial charge on any atom is -0.0233 e. The SMILES string of the molecule is CCC(C)CC(P)C(C)C(C)C(C)C. The van der Waals surface area contributed by atoms with E-state index in [2.05, 4.69) is 50.8 Å². The molecule has 0 aliphatic carbocycles. The monoisotopic (exact) mass is 216 g/mol. The Bertz CT molecular complexity index is 142. The van der Waals surface area contributed by atoms with Crippen LogP contribution in [0.25, 0.3) is 0 Å². The topological polar surface area (TPSA) is 0 Å². The summed E-state index contributed by atoms with van der Waals surface area (Å²) in [6.07, 6.45) is 2.67. The fraction of sp³-hybridized carbons (Fsp3) is 1.00. The molecule has 0 saturated heterocycles. The maximum atomic E-state index is 3.06. The molecule has 0 saturated carbocycles. The van der Waals surface area contributed by atoms with Gasteiger partial charge in [-0.15, -0.1) is 9.24 Å². The Hall–Kier alpha value is 0.430. The summed E-state index contributed by atoms with van der Waals surface area (Å²) in [5.74, 6) is 3.35. The minimum Gasteiger partial charge on any atom is -0.134 e. The highest BCUT2D eigenvalue weighted by atomic mass is 31.0. The molecule has 0 fully saturated rings. The van der Waals surface area contributed by atoms with Crippen molar-refractivity contribution < 1.29 is 0 Å². The van der Waals surface area contributed by atoms with E-state index < -0.39 is 0 Å². The molecule has 0 radical (unpaired) electrons. The molecule has 1 heteroatoms. The summed E-state index contributed by atoms with van der Waals surface area (Å²) in [4.78, 5) is 0. The Morgan fingerprint density at radius 3 is 1.79 bits per heavy atom. The van der Waals surface area contributed by atoms with Gasteiger partial charge in [-0.3, -0.25) is 0 Å². The number of hydrogen-bond donors (Lipinski definition) is 0. The van der Waals surface area contributed by atoms with Crippen LogP contribution in [0.1, 0.15) is 54.4 Å². The minimum atomic E-state index is 0.794. The molecule has 0 aromatic carbocycles. The van der Waals surface area contributed by atoms with Gasteiger partial charge in [-0.1, -0.05) is 48.0 Å². The smallest absolute Gasteiger partial charge is 0.0233 e. The molecule has 0 heterocycles. The van der Waals surface area contributed by atoms with Crippen molar-refractivity contribution in [1.82, 2.24) is 0 Å². The lowest BCUT2D eigenvalue weighted by Crippen LogP contribution is -2.24. The van der Waals surface area contributed by atoms with Gasteiger partial charge in [-0.25, -0.2) is 0 Å². The lowest BCUT2D eigenvalue weighted by molar-refractivity contribution is 0.272. The van der Waals surface area contributed by atoms with E-state index in [0.29, 0.717) is 0 Å². The van der Waals surface area contributed by atoms with Crippen molar-refractivity contribution in [1.29, 1.82) is 0 Å². The van der Waals surface area contributed by atoms with Crippen LogP contribution in [0.5, 0.6) is 0 Å². The quantitative estimate of drug-likeness (QED) is 0.569. The van der Waals surface area contributed by atoms with Crippen LogP contribution >= 0.6 is 9.24 Å². The molecule has 5 atom stereocenters. The molecule has 0 aromatic heterocycles. The first-order valence-electron chi connectivity index (χ1n) is 6.15. The minimum absolute atomic E-state index is 0.794. The molecule has 0 rings (SSSR count). The lowest BCUT2D eigenvalue weighted by Gasteiger charge is -2.30. The van der Waals surface area contributed by atoms with Gasteiger partial charge < -0.3 is 0 Å². The summed E-state index contributed by atoms with van der Waals surface area (Å²) in [6, 6.07) is 0. The Balaban J connectivity index is 4.04. The van der Waals surface area contributed by atoms with Crippen LogP contribution in [0.2, 0.25) is 0 Å². The summed E-state index contributed by atoms with van der Waals surface area (Å²) in [5, 5.41) is 0. The molecule has 0 nitrogen and oxygen atoms in total. The van der Waals surface area contributed by atoms with E-state index in [1.165, 1.54) is 12.8 Å². The van der Waals surface area contributed by atoms with Gasteiger partial charge in [0.1, 0.15) is 0 Å². The third kappa shape index (κ3) is 4.78. The molecule has 0 spiro atoms. The first-order chi connectivity index (χ1) is 6.40. The summed E-state index contributed by atoms with van der Waals surface area (Å²) in [7, 11) is 3.06. The molecule has 86 valence electrons. The zero-order valence-corrected chi connectivity index (χ0v) is 12.0. The maximum absolute atomic E-state index is 3.06. The zero-order valence-electron chi connectivity index (χ0n) is 10.9. The van der Waals surface area contributed by atoms with Gasteiger partial charge in [0.15, 0.2) is 0 Å². The van der Waals surface area contributed by atoms with E-state index in [0.717, 1.165) is 29.3 Å². The summed E-state index contributed by atoms with van der Waals surface area (Å²) >= 11 is 0. The predicted octanol–water partition coefficient (Wildman–Crippen LogP) is 4.59. The van der Waals surface area contributed by atoms with Gasteiger partial charge >= 0.3 is 0 Å².